The number of nitrogens with zero attached hydrogens (tertiary/aromatic N) is 4. The Kier molecular flexibility index (Phi) is 23.9. The van der Waals surface area contributed by atoms with Crippen molar-refractivity contribution in [3.8, 4) is 47.3 Å². The van der Waals surface area contributed by atoms with E-state index in [1.165, 1.54) is 35.7 Å². The molecule has 0 saturated heterocycles. The number of methoxy groups -OCH3 is 1. The van der Waals surface area contributed by atoms with E-state index in [1.807, 2.05) is 13.0 Å². The van der Waals surface area contributed by atoms with E-state index in [2.05, 4.69) is 32.1 Å². The number of aryl methyl sites for hydroxylation is 1. The topological polar surface area (TPSA) is 203 Å². The molecule has 3 aromatic rings. The molecule has 0 heterocycles. The fourth-order valence-corrected chi connectivity index (χ4v) is 8.94. The second kappa shape index (κ2) is 28.8. The van der Waals surface area contributed by atoms with Crippen LogP contribution in [0, 0.1) is 52.2 Å². The van der Waals surface area contributed by atoms with Crippen LogP contribution < -0.4 is 18.9 Å². The molecular formula is C44H54N4O10S3. The van der Waals surface area contributed by atoms with Gasteiger partial charge in [0, 0.05) is 20.0 Å². The predicted molar refractivity (Wildman–Crippen MR) is 232 cm³/mol. The minimum atomic E-state index is -3.97. The van der Waals surface area contributed by atoms with Crippen LogP contribution in [0.4, 0.5) is 0 Å². The molecule has 0 amide bonds. The van der Waals surface area contributed by atoms with E-state index in [1.54, 1.807) is 31.4 Å². The van der Waals surface area contributed by atoms with Crippen molar-refractivity contribution < 1.29 is 45.8 Å². The molecule has 0 spiro atoms. The van der Waals surface area contributed by atoms with E-state index in [9.17, 15) is 29.5 Å². The Morgan fingerprint density at radius 2 is 0.984 bits per heavy atom. The molecule has 0 atom stereocenters. The van der Waals surface area contributed by atoms with Gasteiger partial charge in [0.1, 0.15) is 64.6 Å². The van der Waals surface area contributed by atoms with E-state index < -0.39 is 10.1 Å². The Labute approximate surface area is 369 Å². The second-order valence-electron chi connectivity index (χ2n) is 13.1. The maximum atomic E-state index is 12.7. The van der Waals surface area contributed by atoms with Gasteiger partial charge in [0.05, 0.1) is 74.1 Å². The Balaban J connectivity index is 1.74. The number of rotatable bonds is 31. The summed E-state index contributed by atoms with van der Waals surface area (Å²) in [5.74, 6) is 2.45. The lowest BCUT2D eigenvalue weighted by atomic mass is 10.1. The van der Waals surface area contributed by atoms with Crippen molar-refractivity contribution >= 4 is 33.6 Å². The van der Waals surface area contributed by atoms with Gasteiger partial charge in [-0.05, 0) is 55.5 Å². The predicted octanol–water partition coefficient (Wildman–Crippen LogP) is 8.35. The van der Waals surface area contributed by atoms with Crippen molar-refractivity contribution in [2.45, 2.75) is 74.0 Å². The molecule has 0 aliphatic heterocycles. The highest BCUT2D eigenvalue weighted by molar-refractivity contribution is 8.02. The molecule has 0 aliphatic carbocycles. The fraction of sp³-hybridized carbons (Fsp3) is 0.500. The van der Waals surface area contributed by atoms with Gasteiger partial charge in [0.25, 0.3) is 10.1 Å². The molecule has 0 fully saturated rings. The third-order valence-electron chi connectivity index (χ3n) is 8.55. The second-order valence-corrected chi connectivity index (χ2v) is 17.0. The smallest absolute Gasteiger partial charge is 0.296 e. The van der Waals surface area contributed by atoms with Gasteiger partial charge >= 0.3 is 0 Å². The Morgan fingerprint density at radius 3 is 1.46 bits per heavy atom. The van der Waals surface area contributed by atoms with Crippen molar-refractivity contribution in [3.63, 3.8) is 0 Å². The molecule has 0 radical (unpaired) electrons. The van der Waals surface area contributed by atoms with Gasteiger partial charge in [-0.15, -0.1) is 23.5 Å². The molecule has 0 bridgehead atoms. The zero-order valence-electron chi connectivity index (χ0n) is 35.3. The molecule has 61 heavy (non-hydrogen) atoms. The van der Waals surface area contributed by atoms with Crippen molar-refractivity contribution in [2.75, 3.05) is 84.7 Å². The third-order valence-corrected chi connectivity index (χ3v) is 12.4. The lowest BCUT2D eigenvalue weighted by Gasteiger charge is -2.22. The summed E-state index contributed by atoms with van der Waals surface area (Å²) in [6.45, 7) is 8.33. The van der Waals surface area contributed by atoms with Gasteiger partial charge in [-0.3, -0.25) is 4.18 Å². The molecule has 3 aromatic carbocycles. The van der Waals surface area contributed by atoms with Crippen LogP contribution in [0.3, 0.4) is 0 Å². The maximum Gasteiger partial charge on any atom is 0.296 e. The normalized spacial score (nSPS) is 11.0. The van der Waals surface area contributed by atoms with Crippen molar-refractivity contribution in [1.82, 2.24) is 0 Å². The SMILES string of the molecule is CCCCSc1c(OCCCOc2ccc(OCCOCCOCCOC)c(C#N)c2C#N)c(C#N)c(C#N)c(OCCCOS(=O)(=O)c2ccc(C)cc2)c1SCCCC. The van der Waals surface area contributed by atoms with E-state index >= 15 is 0 Å². The van der Waals surface area contributed by atoms with Gasteiger partial charge in [0.15, 0.2) is 11.5 Å². The number of nitriles is 4. The standard InChI is InChI=1S/C44H54N4O10S3/c1-5-7-27-59-43-41(56-18-9-17-54-39-15-16-40(36(30-46)35(39)29-45)55-26-25-53-24-23-52-22-21-51-4)37(31-47)38(32-48)42(44(43)60-28-8-6-2)57-19-10-20-58-61(49,50)34-13-11-33(3)12-14-34/h11-16H,5-10,17-28H2,1-4H3. The largest absolute Gasteiger partial charge is 0.492 e. The van der Waals surface area contributed by atoms with Crippen molar-refractivity contribution in [3.05, 3.63) is 64.2 Å². The first kappa shape index (κ1) is 50.7. The third kappa shape index (κ3) is 16.3. The van der Waals surface area contributed by atoms with E-state index in [4.69, 9.17) is 37.3 Å². The number of thioether (sulfide) groups is 2. The number of ether oxygens (including phenoxy) is 7. The Bertz CT molecular complexity index is 2110. The summed E-state index contributed by atoms with van der Waals surface area (Å²) in [5, 5.41) is 40.7. The monoisotopic (exact) mass is 894 g/mol. The highest BCUT2D eigenvalue weighted by atomic mass is 32.2. The number of hydrogen-bond acceptors (Lipinski definition) is 16. The minimum absolute atomic E-state index is 0.0318. The van der Waals surface area contributed by atoms with Gasteiger partial charge in [-0.1, -0.05) is 44.4 Å². The van der Waals surface area contributed by atoms with Gasteiger partial charge in [-0.25, -0.2) is 0 Å². The first-order valence-corrected chi connectivity index (χ1v) is 23.5. The minimum Gasteiger partial charge on any atom is -0.492 e. The van der Waals surface area contributed by atoms with Gasteiger partial charge < -0.3 is 33.2 Å². The average Bonchev–Trinajstić information content (AvgIpc) is 3.26. The van der Waals surface area contributed by atoms with Crippen molar-refractivity contribution in [2.24, 2.45) is 0 Å². The van der Waals surface area contributed by atoms with Gasteiger partial charge in [-0.2, -0.15) is 29.5 Å². The zero-order chi connectivity index (χ0) is 44.3. The summed E-state index contributed by atoms with van der Waals surface area (Å²) in [5.41, 5.74) is 1.08. The quantitative estimate of drug-likeness (QED) is 0.0338. The molecule has 14 nitrogen and oxygen atoms in total. The van der Waals surface area contributed by atoms with Crippen LogP contribution >= 0.6 is 23.5 Å². The molecule has 3 rings (SSSR count). The first-order valence-electron chi connectivity index (χ1n) is 20.1. The number of unbranched alkanes of at least 4 members (excludes halogenated alkanes) is 2. The summed E-state index contributed by atoms with van der Waals surface area (Å²) >= 11 is 3.06. The summed E-state index contributed by atoms with van der Waals surface area (Å²) in [7, 11) is -2.37. The van der Waals surface area contributed by atoms with Crippen molar-refractivity contribution in [1.29, 1.82) is 21.0 Å². The fourth-order valence-electron chi connectivity index (χ4n) is 5.34. The van der Waals surface area contributed by atoms with Gasteiger partial charge in [0.2, 0.25) is 0 Å². The zero-order valence-corrected chi connectivity index (χ0v) is 37.7. The lowest BCUT2D eigenvalue weighted by molar-refractivity contribution is 0.0179. The summed E-state index contributed by atoms with van der Waals surface area (Å²) < 4.78 is 70.7. The van der Waals surface area contributed by atoms with E-state index in [-0.39, 0.29) is 96.2 Å². The molecule has 0 unspecified atom stereocenters. The Hall–Kier alpha value is -4.69. The molecule has 17 heteroatoms. The Morgan fingerprint density at radius 1 is 0.541 bits per heavy atom. The highest BCUT2D eigenvalue weighted by Gasteiger charge is 2.28. The van der Waals surface area contributed by atoms with Crippen LogP contribution in [0.2, 0.25) is 0 Å². The molecule has 328 valence electrons. The van der Waals surface area contributed by atoms with Crippen LogP contribution in [0.25, 0.3) is 0 Å². The van der Waals surface area contributed by atoms with Crippen LogP contribution in [-0.4, -0.2) is 93.1 Å². The first-order chi connectivity index (χ1) is 29.7. The molecular weight excluding hydrogens is 841 g/mol. The lowest BCUT2D eigenvalue weighted by Crippen LogP contribution is -2.13. The summed E-state index contributed by atoms with van der Waals surface area (Å²) in [6, 6.07) is 18.0. The van der Waals surface area contributed by atoms with Crippen LogP contribution in [-0.2, 0) is 28.5 Å². The summed E-state index contributed by atoms with van der Waals surface area (Å²) in [4.78, 5) is 1.44. The molecule has 0 saturated carbocycles. The van der Waals surface area contributed by atoms with E-state index in [0.717, 1.165) is 42.8 Å². The number of benzene rings is 3. The van der Waals surface area contributed by atoms with Crippen LogP contribution in [0.1, 0.15) is 80.2 Å². The summed E-state index contributed by atoms with van der Waals surface area (Å²) in [6.07, 6.45) is 4.23. The molecule has 0 N–H and O–H groups in total. The van der Waals surface area contributed by atoms with Crippen LogP contribution in [0.5, 0.6) is 23.0 Å². The maximum absolute atomic E-state index is 12.7. The van der Waals surface area contributed by atoms with Crippen LogP contribution in [0.15, 0.2) is 51.1 Å². The van der Waals surface area contributed by atoms with E-state index in [0.29, 0.717) is 42.6 Å². The highest BCUT2D eigenvalue weighted by Crippen LogP contribution is 2.49. The number of hydrogen-bond donors (Lipinski definition) is 0. The average molecular weight is 895 g/mol. The molecule has 0 aliphatic rings. The molecule has 0 aromatic heterocycles.